The number of allylic oxidation sites excluding steroid dienone is 2. The predicted octanol–water partition coefficient (Wildman–Crippen LogP) is 0.606. The van der Waals surface area contributed by atoms with E-state index in [4.69, 9.17) is 5.11 Å². The standard InChI is InChI=1S/C7H8O3/c1-3-5(8)4(2)7(10)6(3)9/h3,10H,1-2H3. The number of carbonyl (C=O) groups excluding carboxylic acids is 2. The number of aliphatic hydroxyl groups is 1. The first-order valence-electron chi connectivity index (χ1n) is 3.04. The normalized spacial score (nSPS) is 26.4. The lowest BCUT2D eigenvalue weighted by molar-refractivity contribution is -0.126. The molecule has 1 unspecified atom stereocenters. The van der Waals surface area contributed by atoms with Crippen molar-refractivity contribution in [1.29, 1.82) is 0 Å². The number of carbonyl (C=O) groups is 2. The molecular weight excluding hydrogens is 132 g/mol. The van der Waals surface area contributed by atoms with E-state index < -0.39 is 11.7 Å². The first-order valence-corrected chi connectivity index (χ1v) is 3.04. The van der Waals surface area contributed by atoms with Crippen molar-refractivity contribution in [1.82, 2.24) is 0 Å². The summed E-state index contributed by atoms with van der Waals surface area (Å²) >= 11 is 0. The van der Waals surface area contributed by atoms with Gasteiger partial charge in [0.1, 0.15) is 0 Å². The Bertz CT molecular complexity index is 213. The van der Waals surface area contributed by atoms with Crippen LogP contribution >= 0.6 is 0 Å². The fraction of sp³-hybridized carbons (Fsp3) is 0.429. The van der Waals surface area contributed by atoms with Crippen molar-refractivity contribution in [2.24, 2.45) is 5.92 Å². The number of ketones is 2. The van der Waals surface area contributed by atoms with Gasteiger partial charge in [0.05, 0.1) is 5.92 Å². The van der Waals surface area contributed by atoms with E-state index in [9.17, 15) is 9.59 Å². The molecule has 0 radical (unpaired) electrons. The quantitative estimate of drug-likeness (QED) is 0.501. The predicted molar refractivity (Wildman–Crippen MR) is 34.5 cm³/mol. The highest BCUT2D eigenvalue weighted by Gasteiger charge is 2.35. The average Bonchev–Trinajstić information content (AvgIpc) is 2.07. The highest BCUT2D eigenvalue weighted by molar-refractivity contribution is 6.22. The molecule has 1 N–H and O–H groups in total. The zero-order valence-corrected chi connectivity index (χ0v) is 5.84. The molecule has 0 saturated carbocycles. The maximum Gasteiger partial charge on any atom is 0.208 e. The summed E-state index contributed by atoms with van der Waals surface area (Å²) in [5.41, 5.74) is 0.192. The lowest BCUT2D eigenvalue weighted by atomic mass is 10.1. The van der Waals surface area contributed by atoms with E-state index in [1.165, 1.54) is 13.8 Å². The van der Waals surface area contributed by atoms with Gasteiger partial charge in [-0.15, -0.1) is 0 Å². The van der Waals surface area contributed by atoms with Crippen LogP contribution in [0, 0.1) is 5.92 Å². The van der Waals surface area contributed by atoms with E-state index in [1.807, 2.05) is 0 Å². The molecule has 0 aromatic carbocycles. The molecule has 1 aliphatic rings. The molecule has 0 heterocycles. The summed E-state index contributed by atoms with van der Waals surface area (Å²) in [6.07, 6.45) is 0. The monoisotopic (exact) mass is 140 g/mol. The highest BCUT2D eigenvalue weighted by Crippen LogP contribution is 2.21. The molecular formula is C7H8O3. The van der Waals surface area contributed by atoms with Crippen molar-refractivity contribution in [3.8, 4) is 0 Å². The van der Waals surface area contributed by atoms with Crippen molar-refractivity contribution in [2.45, 2.75) is 13.8 Å². The van der Waals surface area contributed by atoms with Gasteiger partial charge in [-0.1, -0.05) is 0 Å². The van der Waals surface area contributed by atoms with Crippen molar-refractivity contribution in [2.75, 3.05) is 0 Å². The molecule has 0 fully saturated rings. The summed E-state index contributed by atoms with van der Waals surface area (Å²) in [4.78, 5) is 21.7. The Labute approximate surface area is 58.4 Å². The Kier molecular flexibility index (Phi) is 1.35. The number of rotatable bonds is 0. The van der Waals surface area contributed by atoms with E-state index >= 15 is 0 Å². The summed E-state index contributed by atoms with van der Waals surface area (Å²) < 4.78 is 0. The van der Waals surface area contributed by atoms with E-state index in [0.29, 0.717) is 0 Å². The van der Waals surface area contributed by atoms with Crippen LogP contribution in [0.5, 0.6) is 0 Å². The van der Waals surface area contributed by atoms with Crippen LogP contribution in [0.1, 0.15) is 13.8 Å². The second kappa shape index (κ2) is 1.94. The number of aliphatic hydroxyl groups excluding tert-OH is 1. The van der Waals surface area contributed by atoms with Crippen LogP contribution < -0.4 is 0 Å². The molecule has 0 aromatic heterocycles. The zero-order chi connectivity index (χ0) is 7.89. The number of hydrogen-bond donors (Lipinski definition) is 1. The van der Waals surface area contributed by atoms with Gasteiger partial charge in [0.25, 0.3) is 0 Å². The molecule has 0 saturated heterocycles. The number of hydrogen-bond acceptors (Lipinski definition) is 3. The first kappa shape index (κ1) is 6.99. The minimum Gasteiger partial charge on any atom is -0.504 e. The third-order valence-corrected chi connectivity index (χ3v) is 1.74. The van der Waals surface area contributed by atoms with Crippen molar-refractivity contribution in [3.63, 3.8) is 0 Å². The van der Waals surface area contributed by atoms with Gasteiger partial charge in [0, 0.05) is 5.57 Å². The molecule has 10 heavy (non-hydrogen) atoms. The van der Waals surface area contributed by atoms with E-state index in [-0.39, 0.29) is 17.1 Å². The average molecular weight is 140 g/mol. The smallest absolute Gasteiger partial charge is 0.208 e. The van der Waals surface area contributed by atoms with Gasteiger partial charge in [-0.3, -0.25) is 9.59 Å². The van der Waals surface area contributed by atoms with Crippen LogP contribution in [-0.4, -0.2) is 16.7 Å². The topological polar surface area (TPSA) is 54.4 Å². The third kappa shape index (κ3) is 0.667. The van der Waals surface area contributed by atoms with Crippen LogP contribution in [0.4, 0.5) is 0 Å². The Balaban J connectivity index is 3.11. The van der Waals surface area contributed by atoms with Gasteiger partial charge in [-0.05, 0) is 13.8 Å². The molecule has 0 amide bonds. The van der Waals surface area contributed by atoms with Gasteiger partial charge >= 0.3 is 0 Å². The minimum absolute atomic E-state index is 0.192. The molecule has 0 spiro atoms. The van der Waals surface area contributed by atoms with Gasteiger partial charge in [-0.2, -0.15) is 0 Å². The summed E-state index contributed by atoms with van der Waals surface area (Å²) in [6.45, 7) is 2.95. The summed E-state index contributed by atoms with van der Waals surface area (Å²) in [7, 11) is 0. The largest absolute Gasteiger partial charge is 0.504 e. The minimum atomic E-state index is -0.667. The van der Waals surface area contributed by atoms with Gasteiger partial charge in [-0.25, -0.2) is 0 Å². The molecule has 1 rings (SSSR count). The highest BCUT2D eigenvalue weighted by atomic mass is 16.3. The van der Waals surface area contributed by atoms with E-state index in [1.54, 1.807) is 0 Å². The Hall–Kier alpha value is -1.12. The van der Waals surface area contributed by atoms with Crippen LogP contribution in [0.25, 0.3) is 0 Å². The van der Waals surface area contributed by atoms with Crippen LogP contribution in [0.15, 0.2) is 11.3 Å². The summed E-state index contributed by atoms with van der Waals surface area (Å²) in [5.74, 6) is -1.75. The lowest BCUT2D eigenvalue weighted by Gasteiger charge is -1.93. The molecule has 0 bridgehead atoms. The number of Topliss-reactive ketones (excluding diaryl/α,β-unsaturated/α-hetero) is 2. The lowest BCUT2D eigenvalue weighted by Crippen LogP contribution is -2.12. The van der Waals surface area contributed by atoms with Gasteiger partial charge in [0.2, 0.25) is 5.78 Å². The Morgan fingerprint density at radius 2 is 1.80 bits per heavy atom. The fourth-order valence-corrected chi connectivity index (χ4v) is 0.950. The van der Waals surface area contributed by atoms with E-state index in [2.05, 4.69) is 0 Å². The van der Waals surface area contributed by atoms with E-state index in [0.717, 1.165) is 0 Å². The molecule has 0 aromatic rings. The van der Waals surface area contributed by atoms with Crippen LogP contribution in [0.3, 0.4) is 0 Å². The van der Waals surface area contributed by atoms with Crippen LogP contribution in [0.2, 0.25) is 0 Å². The van der Waals surface area contributed by atoms with Crippen molar-refractivity contribution >= 4 is 11.6 Å². The second-order valence-corrected chi connectivity index (χ2v) is 2.42. The summed E-state index contributed by atoms with van der Waals surface area (Å²) in [5, 5.41) is 8.92. The SMILES string of the molecule is CC1=C(O)C(=O)C(C)C1=O. The first-order chi connectivity index (χ1) is 4.55. The molecule has 54 valence electrons. The van der Waals surface area contributed by atoms with Gasteiger partial charge in [0.15, 0.2) is 11.5 Å². The third-order valence-electron chi connectivity index (χ3n) is 1.74. The van der Waals surface area contributed by atoms with Crippen molar-refractivity contribution < 1.29 is 14.7 Å². The summed E-state index contributed by atoms with van der Waals surface area (Å²) in [6, 6.07) is 0. The second-order valence-electron chi connectivity index (χ2n) is 2.42. The van der Waals surface area contributed by atoms with Gasteiger partial charge < -0.3 is 5.11 Å². The molecule has 1 aliphatic carbocycles. The van der Waals surface area contributed by atoms with Crippen LogP contribution in [-0.2, 0) is 9.59 Å². The molecule has 3 nitrogen and oxygen atoms in total. The maximum absolute atomic E-state index is 10.9. The molecule has 0 aliphatic heterocycles. The Morgan fingerprint density at radius 3 is 1.90 bits per heavy atom. The molecule has 3 heteroatoms. The maximum atomic E-state index is 10.9. The Morgan fingerprint density at radius 1 is 1.30 bits per heavy atom. The molecule has 1 atom stereocenters. The zero-order valence-electron chi connectivity index (χ0n) is 5.84. The van der Waals surface area contributed by atoms with Crippen molar-refractivity contribution in [3.05, 3.63) is 11.3 Å². The fourth-order valence-electron chi connectivity index (χ4n) is 0.950.